The molecule has 2 aromatic rings. The van der Waals surface area contributed by atoms with Crippen LogP contribution in [0.25, 0.3) is 11.3 Å². The lowest BCUT2D eigenvalue weighted by Gasteiger charge is -2.16. The maximum atomic E-state index is 7.57. The second-order valence-corrected chi connectivity index (χ2v) is 7.74. The quantitative estimate of drug-likeness (QED) is 0.358. The zero-order chi connectivity index (χ0) is 18.0. The van der Waals surface area contributed by atoms with Crippen molar-refractivity contribution in [3.63, 3.8) is 0 Å². The van der Waals surface area contributed by atoms with Gasteiger partial charge in [0.15, 0.2) is 0 Å². The van der Waals surface area contributed by atoms with E-state index in [1.807, 2.05) is 18.2 Å². The topological polar surface area (TPSA) is 101 Å². The predicted molar refractivity (Wildman–Crippen MR) is 106 cm³/mol. The van der Waals surface area contributed by atoms with Crippen LogP contribution in [0.5, 0.6) is 0 Å². The summed E-state index contributed by atoms with van der Waals surface area (Å²) in [6.07, 6.45) is 3.81. The molecule has 2 atom stereocenters. The van der Waals surface area contributed by atoms with Crippen molar-refractivity contribution in [2.75, 3.05) is 5.73 Å². The van der Waals surface area contributed by atoms with Crippen molar-refractivity contribution in [2.24, 2.45) is 11.7 Å². The standard InChI is InChI=1S/C18H22ClN5S/c1-10-3-2-4-15(10)24-25-11-5-6-12(13(19)9-11)16-8-7-14(20)17(23-16)18(21)22/h5-10,15,24H,2-4,20H2,1H3,(H3,21,22). The minimum atomic E-state index is -0.155. The summed E-state index contributed by atoms with van der Waals surface area (Å²) in [5.74, 6) is 0.559. The molecule has 0 saturated heterocycles. The molecule has 1 fully saturated rings. The fourth-order valence-electron chi connectivity index (χ4n) is 3.07. The van der Waals surface area contributed by atoms with Gasteiger partial charge >= 0.3 is 0 Å². The summed E-state index contributed by atoms with van der Waals surface area (Å²) in [7, 11) is 0. The minimum absolute atomic E-state index is 0.155. The fraction of sp³-hybridized carbons (Fsp3) is 0.333. The van der Waals surface area contributed by atoms with Crippen LogP contribution in [-0.2, 0) is 0 Å². The molecule has 1 aliphatic carbocycles. The molecule has 132 valence electrons. The van der Waals surface area contributed by atoms with E-state index in [0.29, 0.717) is 28.4 Å². The van der Waals surface area contributed by atoms with E-state index in [9.17, 15) is 0 Å². The van der Waals surface area contributed by atoms with E-state index in [4.69, 9.17) is 28.5 Å². The van der Waals surface area contributed by atoms with Gasteiger partial charge < -0.3 is 11.5 Å². The Kier molecular flexibility index (Phi) is 5.51. The van der Waals surface area contributed by atoms with Gasteiger partial charge in [0.2, 0.25) is 0 Å². The van der Waals surface area contributed by atoms with Gasteiger partial charge in [-0.25, -0.2) is 4.98 Å². The summed E-state index contributed by atoms with van der Waals surface area (Å²) < 4.78 is 3.55. The van der Waals surface area contributed by atoms with Gasteiger partial charge in [0, 0.05) is 16.5 Å². The molecule has 1 aromatic heterocycles. The Labute approximate surface area is 157 Å². The summed E-state index contributed by atoms with van der Waals surface area (Å²) in [6, 6.07) is 9.92. The Morgan fingerprint density at radius 3 is 2.76 bits per heavy atom. The molecule has 0 radical (unpaired) electrons. The molecule has 7 heteroatoms. The maximum absolute atomic E-state index is 7.57. The molecule has 1 aliphatic rings. The first kappa shape index (κ1) is 18.0. The normalized spacial score (nSPS) is 19.9. The van der Waals surface area contributed by atoms with Crippen molar-refractivity contribution in [3.8, 4) is 11.3 Å². The van der Waals surface area contributed by atoms with Crippen molar-refractivity contribution in [3.05, 3.63) is 41.0 Å². The van der Waals surface area contributed by atoms with Crippen LogP contribution < -0.4 is 16.2 Å². The first-order valence-corrected chi connectivity index (χ1v) is 9.48. The number of nitrogen functional groups attached to an aromatic ring is 2. The van der Waals surface area contributed by atoms with Crippen LogP contribution in [0.2, 0.25) is 5.02 Å². The van der Waals surface area contributed by atoms with Crippen molar-refractivity contribution in [1.29, 1.82) is 5.41 Å². The molecule has 0 aliphatic heterocycles. The molecule has 1 aromatic carbocycles. The summed E-state index contributed by atoms with van der Waals surface area (Å²) in [5.41, 5.74) is 13.5. The smallest absolute Gasteiger partial charge is 0.143 e. The summed E-state index contributed by atoms with van der Waals surface area (Å²) >= 11 is 8.08. The van der Waals surface area contributed by atoms with E-state index in [2.05, 4.69) is 16.6 Å². The number of anilines is 1. The van der Waals surface area contributed by atoms with E-state index in [1.54, 1.807) is 24.1 Å². The lowest BCUT2D eigenvalue weighted by molar-refractivity contribution is 0.501. The van der Waals surface area contributed by atoms with E-state index in [1.165, 1.54) is 19.3 Å². The van der Waals surface area contributed by atoms with Gasteiger partial charge in [-0.1, -0.05) is 31.0 Å². The van der Waals surface area contributed by atoms with Gasteiger partial charge in [-0.3, -0.25) is 10.1 Å². The number of hydrogen-bond acceptors (Lipinski definition) is 5. The molecule has 1 heterocycles. The van der Waals surface area contributed by atoms with Crippen LogP contribution >= 0.6 is 23.5 Å². The third-order valence-corrected chi connectivity index (χ3v) is 5.81. The minimum Gasteiger partial charge on any atom is -0.397 e. The number of halogens is 1. The number of rotatable bonds is 5. The van der Waals surface area contributed by atoms with Crippen molar-refractivity contribution in [1.82, 2.24) is 9.71 Å². The fourth-order valence-corrected chi connectivity index (χ4v) is 4.36. The third kappa shape index (κ3) is 4.08. The zero-order valence-corrected chi connectivity index (χ0v) is 15.6. The largest absolute Gasteiger partial charge is 0.397 e. The Hall–Kier alpha value is -1.76. The van der Waals surface area contributed by atoms with Crippen molar-refractivity contribution < 1.29 is 0 Å². The van der Waals surface area contributed by atoms with Gasteiger partial charge in [-0.15, -0.1) is 0 Å². The molecule has 0 spiro atoms. The van der Waals surface area contributed by atoms with Crippen LogP contribution in [-0.4, -0.2) is 16.9 Å². The molecule has 2 unspecified atom stereocenters. The Balaban J connectivity index is 1.78. The second kappa shape index (κ2) is 7.64. The van der Waals surface area contributed by atoms with E-state index >= 15 is 0 Å². The lowest BCUT2D eigenvalue weighted by Crippen LogP contribution is -2.25. The average Bonchev–Trinajstić information content (AvgIpc) is 2.98. The Bertz CT molecular complexity index is 795. The zero-order valence-electron chi connectivity index (χ0n) is 14.1. The van der Waals surface area contributed by atoms with E-state index in [0.717, 1.165) is 10.5 Å². The van der Waals surface area contributed by atoms with Crippen LogP contribution in [0.4, 0.5) is 5.69 Å². The summed E-state index contributed by atoms with van der Waals surface area (Å²) in [5, 5.41) is 8.18. The monoisotopic (exact) mass is 375 g/mol. The van der Waals surface area contributed by atoms with E-state index < -0.39 is 0 Å². The van der Waals surface area contributed by atoms with Gasteiger partial charge in [-0.05, 0) is 55.0 Å². The molecule has 25 heavy (non-hydrogen) atoms. The number of hydrogen-bond donors (Lipinski definition) is 4. The average molecular weight is 376 g/mol. The number of nitrogens with zero attached hydrogens (tertiary/aromatic N) is 1. The van der Waals surface area contributed by atoms with Gasteiger partial charge in [0.05, 0.1) is 16.4 Å². The molecule has 0 bridgehead atoms. The molecular formula is C18H22ClN5S. The number of nitrogens with one attached hydrogen (secondary N) is 2. The highest BCUT2D eigenvalue weighted by atomic mass is 35.5. The van der Waals surface area contributed by atoms with Crippen molar-refractivity contribution in [2.45, 2.75) is 37.1 Å². The van der Waals surface area contributed by atoms with Crippen LogP contribution in [0, 0.1) is 11.3 Å². The summed E-state index contributed by atoms with van der Waals surface area (Å²) in [4.78, 5) is 5.43. The molecule has 5 nitrogen and oxygen atoms in total. The van der Waals surface area contributed by atoms with E-state index in [-0.39, 0.29) is 11.5 Å². The van der Waals surface area contributed by atoms with Crippen LogP contribution in [0.3, 0.4) is 0 Å². The second-order valence-electron chi connectivity index (χ2n) is 6.42. The van der Waals surface area contributed by atoms with Gasteiger partial charge in [0.25, 0.3) is 0 Å². The number of aromatic nitrogens is 1. The Morgan fingerprint density at radius 1 is 1.32 bits per heavy atom. The first-order chi connectivity index (χ1) is 12.0. The van der Waals surface area contributed by atoms with Gasteiger partial charge in [-0.2, -0.15) is 0 Å². The highest BCUT2D eigenvalue weighted by molar-refractivity contribution is 7.97. The molecule has 1 saturated carbocycles. The van der Waals surface area contributed by atoms with Crippen LogP contribution in [0.1, 0.15) is 31.9 Å². The number of benzene rings is 1. The predicted octanol–water partition coefficient (Wildman–Crippen LogP) is 4.05. The third-order valence-electron chi connectivity index (χ3n) is 4.59. The molecule has 0 amide bonds. The first-order valence-electron chi connectivity index (χ1n) is 8.29. The highest BCUT2D eigenvalue weighted by Gasteiger charge is 2.23. The van der Waals surface area contributed by atoms with Gasteiger partial charge in [0.1, 0.15) is 11.5 Å². The highest BCUT2D eigenvalue weighted by Crippen LogP contribution is 2.33. The number of amidine groups is 1. The lowest BCUT2D eigenvalue weighted by atomic mass is 10.1. The molecule has 3 rings (SSSR count). The number of pyridine rings is 1. The SMILES string of the molecule is CC1CCCC1NSc1ccc(-c2ccc(N)c(C(=N)N)n2)c(Cl)c1. The molecule has 6 N–H and O–H groups in total. The van der Waals surface area contributed by atoms with Crippen molar-refractivity contribution >= 4 is 35.1 Å². The molecular weight excluding hydrogens is 354 g/mol. The van der Waals surface area contributed by atoms with Crippen LogP contribution in [0.15, 0.2) is 35.2 Å². The maximum Gasteiger partial charge on any atom is 0.143 e. The summed E-state index contributed by atoms with van der Waals surface area (Å²) in [6.45, 7) is 2.29. The Morgan fingerprint density at radius 2 is 2.12 bits per heavy atom. The number of nitrogens with two attached hydrogens (primary N) is 2.